The molecule has 26 heavy (non-hydrogen) atoms. The molecule has 4 aliphatic rings. The molecule has 0 spiro atoms. The van der Waals surface area contributed by atoms with Crippen molar-refractivity contribution in [2.24, 2.45) is 16.9 Å². The highest BCUT2D eigenvalue weighted by molar-refractivity contribution is 6.20. The Morgan fingerprint density at radius 1 is 0.885 bits per heavy atom. The van der Waals surface area contributed by atoms with E-state index in [0.29, 0.717) is 29.5 Å². The lowest BCUT2D eigenvalue weighted by Crippen LogP contribution is -2.43. The van der Waals surface area contributed by atoms with Gasteiger partial charge in [0.05, 0.1) is 12.1 Å². The molecule has 1 atom stereocenters. The van der Waals surface area contributed by atoms with Crippen LogP contribution >= 0.6 is 11.6 Å². The van der Waals surface area contributed by atoms with E-state index in [1.807, 2.05) is 7.11 Å². The minimum atomic E-state index is 0.405. The second-order valence-electron chi connectivity index (χ2n) is 9.26. The SMILES string of the molecule is COC1CCC(C2CC(C3CCC(Cl)CC3)=NN2C2CCCCC2)CC1. The third-order valence-electron chi connectivity index (χ3n) is 7.68. The first-order valence-electron chi connectivity index (χ1n) is 11.3. The van der Waals surface area contributed by atoms with Crippen molar-refractivity contribution in [3.8, 4) is 0 Å². The van der Waals surface area contributed by atoms with Gasteiger partial charge in [0, 0.05) is 30.7 Å². The maximum Gasteiger partial charge on any atom is 0.0571 e. The predicted molar refractivity (Wildman–Crippen MR) is 109 cm³/mol. The van der Waals surface area contributed by atoms with Gasteiger partial charge in [0.1, 0.15) is 0 Å². The van der Waals surface area contributed by atoms with Gasteiger partial charge in [-0.25, -0.2) is 0 Å². The number of hydrogen-bond acceptors (Lipinski definition) is 3. The molecule has 1 unspecified atom stereocenters. The fraction of sp³-hybridized carbons (Fsp3) is 0.955. The van der Waals surface area contributed by atoms with Crippen LogP contribution in [0.5, 0.6) is 0 Å². The quantitative estimate of drug-likeness (QED) is 0.580. The third-order valence-corrected chi connectivity index (χ3v) is 8.11. The van der Waals surface area contributed by atoms with Crippen LogP contribution in [0.1, 0.15) is 89.9 Å². The molecule has 0 aromatic rings. The summed E-state index contributed by atoms with van der Waals surface area (Å²) in [5.74, 6) is 1.52. The van der Waals surface area contributed by atoms with Gasteiger partial charge >= 0.3 is 0 Å². The normalized spacial score (nSPS) is 39.8. The zero-order chi connectivity index (χ0) is 17.9. The van der Waals surface area contributed by atoms with Crippen molar-refractivity contribution in [1.82, 2.24) is 5.01 Å². The number of nitrogens with zero attached hydrogens (tertiary/aromatic N) is 2. The zero-order valence-electron chi connectivity index (χ0n) is 16.5. The van der Waals surface area contributed by atoms with Gasteiger partial charge in [-0.1, -0.05) is 19.3 Å². The van der Waals surface area contributed by atoms with E-state index in [4.69, 9.17) is 21.4 Å². The molecule has 3 nitrogen and oxygen atoms in total. The van der Waals surface area contributed by atoms with Crippen molar-refractivity contribution >= 4 is 17.3 Å². The number of hydrazone groups is 1. The van der Waals surface area contributed by atoms with E-state index in [0.717, 1.165) is 5.92 Å². The maximum absolute atomic E-state index is 6.35. The minimum absolute atomic E-state index is 0.405. The summed E-state index contributed by atoms with van der Waals surface area (Å²) >= 11 is 6.35. The summed E-state index contributed by atoms with van der Waals surface area (Å²) in [7, 11) is 1.88. The molecule has 0 aromatic heterocycles. The molecule has 0 amide bonds. The van der Waals surface area contributed by atoms with Crippen molar-refractivity contribution in [3.05, 3.63) is 0 Å². The van der Waals surface area contributed by atoms with Gasteiger partial charge < -0.3 is 4.74 Å². The summed E-state index contributed by atoms with van der Waals surface area (Å²) in [5, 5.41) is 8.36. The molecule has 0 aromatic carbocycles. The van der Waals surface area contributed by atoms with E-state index in [2.05, 4.69) is 5.01 Å². The zero-order valence-corrected chi connectivity index (χ0v) is 17.3. The largest absolute Gasteiger partial charge is 0.381 e. The van der Waals surface area contributed by atoms with Crippen molar-refractivity contribution < 1.29 is 4.74 Å². The molecule has 1 heterocycles. The lowest BCUT2D eigenvalue weighted by atomic mass is 9.77. The monoisotopic (exact) mass is 380 g/mol. The predicted octanol–water partition coefficient (Wildman–Crippen LogP) is 5.75. The van der Waals surface area contributed by atoms with Crippen molar-refractivity contribution in [3.63, 3.8) is 0 Å². The van der Waals surface area contributed by atoms with E-state index in [9.17, 15) is 0 Å². The third kappa shape index (κ3) is 4.24. The van der Waals surface area contributed by atoms with Crippen molar-refractivity contribution in [2.45, 2.75) is 113 Å². The highest BCUT2D eigenvalue weighted by Gasteiger charge is 2.41. The lowest BCUT2D eigenvalue weighted by Gasteiger charge is -2.40. The van der Waals surface area contributed by atoms with Gasteiger partial charge in [0.2, 0.25) is 0 Å². The Morgan fingerprint density at radius 2 is 1.58 bits per heavy atom. The average Bonchev–Trinajstić information content (AvgIpc) is 3.15. The maximum atomic E-state index is 6.35. The molecular formula is C22H37ClN2O. The summed E-state index contributed by atoms with van der Waals surface area (Å²) in [6.07, 6.45) is 18.7. The van der Waals surface area contributed by atoms with Crippen LogP contribution in [0.2, 0.25) is 0 Å². The molecule has 0 radical (unpaired) electrons. The topological polar surface area (TPSA) is 24.8 Å². The van der Waals surface area contributed by atoms with Gasteiger partial charge in [-0.2, -0.15) is 5.10 Å². The molecule has 1 aliphatic heterocycles. The molecule has 3 saturated carbocycles. The molecule has 0 bridgehead atoms. The van der Waals surface area contributed by atoms with Crippen LogP contribution in [0.15, 0.2) is 5.10 Å². The second kappa shape index (κ2) is 8.82. The highest BCUT2D eigenvalue weighted by atomic mass is 35.5. The molecule has 3 fully saturated rings. The molecule has 148 valence electrons. The van der Waals surface area contributed by atoms with Crippen LogP contribution in [-0.4, -0.2) is 41.4 Å². The second-order valence-corrected chi connectivity index (χ2v) is 9.87. The molecule has 4 heteroatoms. The molecule has 0 N–H and O–H groups in total. The van der Waals surface area contributed by atoms with Crippen LogP contribution in [0.4, 0.5) is 0 Å². The summed E-state index contributed by atoms with van der Waals surface area (Å²) in [4.78, 5) is 0. The van der Waals surface area contributed by atoms with Crippen LogP contribution in [0.3, 0.4) is 0 Å². The van der Waals surface area contributed by atoms with E-state index in [1.165, 1.54) is 95.6 Å². The van der Waals surface area contributed by atoms with Gasteiger partial charge in [-0.05, 0) is 76.0 Å². The smallest absolute Gasteiger partial charge is 0.0571 e. The average molecular weight is 381 g/mol. The first kappa shape index (κ1) is 19.1. The summed E-state index contributed by atoms with van der Waals surface area (Å²) in [6, 6.07) is 1.37. The Labute approximate surface area is 164 Å². The van der Waals surface area contributed by atoms with Crippen LogP contribution in [-0.2, 0) is 4.74 Å². The molecular weight excluding hydrogens is 344 g/mol. The molecule has 0 saturated heterocycles. The lowest BCUT2D eigenvalue weighted by molar-refractivity contribution is 0.0240. The van der Waals surface area contributed by atoms with Gasteiger partial charge in [0.15, 0.2) is 0 Å². The van der Waals surface area contributed by atoms with Crippen LogP contribution < -0.4 is 0 Å². The number of halogens is 1. The Morgan fingerprint density at radius 3 is 2.23 bits per heavy atom. The summed E-state index contributed by atoms with van der Waals surface area (Å²) in [5.41, 5.74) is 1.53. The van der Waals surface area contributed by atoms with E-state index in [1.54, 1.807) is 0 Å². The summed E-state index contributed by atoms with van der Waals surface area (Å²) < 4.78 is 5.62. The Bertz CT molecular complexity index is 475. The Kier molecular flexibility index (Phi) is 6.46. The van der Waals surface area contributed by atoms with Crippen molar-refractivity contribution in [2.75, 3.05) is 7.11 Å². The Hall–Kier alpha value is -0.280. The Balaban J connectivity index is 1.45. The van der Waals surface area contributed by atoms with Gasteiger partial charge in [-0.3, -0.25) is 5.01 Å². The van der Waals surface area contributed by atoms with E-state index in [-0.39, 0.29) is 0 Å². The van der Waals surface area contributed by atoms with Crippen LogP contribution in [0, 0.1) is 11.8 Å². The highest BCUT2D eigenvalue weighted by Crippen LogP contribution is 2.41. The standard InChI is InChI=1S/C22H37ClN2O/c1-26-20-13-9-17(10-14-20)22-15-21(16-7-11-18(23)12-8-16)24-25(22)19-5-3-2-4-6-19/h16-20,22H,2-15H2,1H3. The number of methoxy groups -OCH3 is 1. The fourth-order valence-electron chi connectivity index (χ4n) is 6.00. The molecule has 3 aliphatic carbocycles. The molecule has 4 rings (SSSR count). The number of alkyl halides is 1. The minimum Gasteiger partial charge on any atom is -0.381 e. The fourth-order valence-corrected chi connectivity index (χ4v) is 6.25. The van der Waals surface area contributed by atoms with Gasteiger partial charge in [-0.15, -0.1) is 11.6 Å². The first-order chi connectivity index (χ1) is 12.7. The number of ether oxygens (including phenoxy) is 1. The van der Waals surface area contributed by atoms with E-state index < -0.39 is 0 Å². The van der Waals surface area contributed by atoms with Crippen molar-refractivity contribution in [1.29, 1.82) is 0 Å². The van der Waals surface area contributed by atoms with Gasteiger partial charge in [0.25, 0.3) is 0 Å². The van der Waals surface area contributed by atoms with E-state index >= 15 is 0 Å². The number of rotatable bonds is 4. The number of hydrogen-bond donors (Lipinski definition) is 0. The van der Waals surface area contributed by atoms with Crippen LogP contribution in [0.25, 0.3) is 0 Å². The first-order valence-corrected chi connectivity index (χ1v) is 11.7. The summed E-state index contributed by atoms with van der Waals surface area (Å²) in [6.45, 7) is 0.